The highest BCUT2D eigenvalue weighted by Crippen LogP contribution is 2.29. The van der Waals surface area contributed by atoms with E-state index in [1.807, 2.05) is 25.1 Å². The SMILES string of the molecule is CCOc1ccc(C(=O)NC(=S)Nc2ccc(NC(=O)c3cc4ccccc4o3)c(OC)c2)cc1. The minimum Gasteiger partial charge on any atom is -0.494 e. The molecule has 9 heteroatoms. The Balaban J connectivity index is 1.39. The lowest BCUT2D eigenvalue weighted by molar-refractivity contribution is 0.0975. The Morgan fingerprint density at radius 2 is 1.71 bits per heavy atom. The predicted molar refractivity (Wildman–Crippen MR) is 138 cm³/mol. The van der Waals surface area contributed by atoms with E-state index in [1.54, 1.807) is 54.6 Å². The number of hydrogen-bond donors (Lipinski definition) is 3. The van der Waals surface area contributed by atoms with E-state index in [9.17, 15) is 9.59 Å². The van der Waals surface area contributed by atoms with Gasteiger partial charge in [0.1, 0.15) is 17.1 Å². The summed E-state index contributed by atoms with van der Waals surface area (Å²) in [6.45, 7) is 2.44. The largest absolute Gasteiger partial charge is 0.494 e. The quantitative estimate of drug-likeness (QED) is 0.306. The molecule has 0 spiro atoms. The Bertz CT molecular complexity index is 1350. The molecule has 35 heavy (non-hydrogen) atoms. The lowest BCUT2D eigenvalue weighted by atomic mass is 10.2. The van der Waals surface area contributed by atoms with Gasteiger partial charge in [0.25, 0.3) is 11.8 Å². The standard InChI is InChI=1S/C26H23N3O5S/c1-3-33-19-11-8-16(9-12-19)24(30)29-26(35)27-18-10-13-20(22(15-18)32-2)28-25(31)23-14-17-6-4-5-7-21(17)34-23/h4-15H,3H2,1-2H3,(H,28,31)(H2,27,29,30,35). The van der Waals surface area contributed by atoms with Gasteiger partial charge in [-0.1, -0.05) is 18.2 Å². The first-order chi connectivity index (χ1) is 17.0. The van der Waals surface area contributed by atoms with Crippen LogP contribution in [0.2, 0.25) is 0 Å². The van der Waals surface area contributed by atoms with Crippen molar-refractivity contribution in [3.8, 4) is 11.5 Å². The van der Waals surface area contributed by atoms with Crippen molar-refractivity contribution >= 4 is 51.5 Å². The van der Waals surface area contributed by atoms with Crippen LogP contribution in [0.5, 0.6) is 11.5 Å². The fourth-order valence-corrected chi connectivity index (χ4v) is 3.57. The van der Waals surface area contributed by atoms with Gasteiger partial charge in [-0.25, -0.2) is 0 Å². The fraction of sp³-hybridized carbons (Fsp3) is 0.115. The Morgan fingerprint density at radius 1 is 0.943 bits per heavy atom. The second-order valence-electron chi connectivity index (χ2n) is 7.38. The molecular weight excluding hydrogens is 466 g/mol. The average molecular weight is 490 g/mol. The topological polar surface area (TPSA) is 102 Å². The van der Waals surface area contributed by atoms with Crippen LogP contribution in [0.3, 0.4) is 0 Å². The fourth-order valence-electron chi connectivity index (χ4n) is 3.36. The third-order valence-corrected chi connectivity index (χ3v) is 5.22. The number of fused-ring (bicyclic) bond motifs is 1. The first kappa shape index (κ1) is 23.8. The summed E-state index contributed by atoms with van der Waals surface area (Å²) in [6, 6.07) is 20.8. The van der Waals surface area contributed by atoms with Crippen molar-refractivity contribution in [3.05, 3.63) is 84.1 Å². The Labute approximate surface area is 207 Å². The van der Waals surface area contributed by atoms with Gasteiger partial charge in [-0.3, -0.25) is 14.9 Å². The van der Waals surface area contributed by atoms with Gasteiger partial charge in [0.05, 0.1) is 19.4 Å². The van der Waals surface area contributed by atoms with E-state index in [2.05, 4.69) is 16.0 Å². The number of thiocarbonyl (C=S) groups is 1. The van der Waals surface area contributed by atoms with Crippen LogP contribution >= 0.6 is 12.2 Å². The van der Waals surface area contributed by atoms with E-state index in [4.69, 9.17) is 26.1 Å². The summed E-state index contributed by atoms with van der Waals surface area (Å²) in [7, 11) is 1.49. The van der Waals surface area contributed by atoms with Crippen molar-refractivity contribution in [2.45, 2.75) is 6.92 Å². The average Bonchev–Trinajstić information content (AvgIpc) is 3.30. The zero-order chi connectivity index (χ0) is 24.8. The van der Waals surface area contributed by atoms with E-state index in [0.29, 0.717) is 40.6 Å². The number of benzene rings is 3. The first-order valence-corrected chi connectivity index (χ1v) is 11.2. The van der Waals surface area contributed by atoms with Gasteiger partial charge in [-0.15, -0.1) is 0 Å². The molecule has 0 aliphatic heterocycles. The molecule has 178 valence electrons. The van der Waals surface area contributed by atoms with Crippen molar-refractivity contribution in [2.75, 3.05) is 24.4 Å². The molecule has 0 aliphatic rings. The Morgan fingerprint density at radius 3 is 2.43 bits per heavy atom. The minimum absolute atomic E-state index is 0.116. The molecule has 3 aromatic carbocycles. The highest BCUT2D eigenvalue weighted by atomic mass is 32.1. The molecule has 4 rings (SSSR count). The lowest BCUT2D eigenvalue weighted by Gasteiger charge is -2.14. The maximum absolute atomic E-state index is 12.7. The maximum atomic E-state index is 12.7. The predicted octanol–water partition coefficient (Wildman–Crippen LogP) is 5.22. The number of furan rings is 1. The summed E-state index contributed by atoms with van der Waals surface area (Å²) >= 11 is 5.27. The zero-order valence-electron chi connectivity index (χ0n) is 19.1. The molecule has 0 atom stereocenters. The molecule has 2 amide bonds. The molecular formula is C26H23N3O5S. The van der Waals surface area contributed by atoms with Gasteiger partial charge in [0.15, 0.2) is 10.9 Å². The molecule has 0 saturated heterocycles. The molecule has 1 heterocycles. The highest BCUT2D eigenvalue weighted by Gasteiger charge is 2.15. The van der Waals surface area contributed by atoms with Crippen LogP contribution in [0.4, 0.5) is 11.4 Å². The second kappa shape index (κ2) is 10.7. The van der Waals surface area contributed by atoms with E-state index >= 15 is 0 Å². The van der Waals surface area contributed by atoms with E-state index in [-0.39, 0.29) is 16.8 Å². The lowest BCUT2D eigenvalue weighted by Crippen LogP contribution is -2.34. The maximum Gasteiger partial charge on any atom is 0.291 e. The molecule has 4 aromatic rings. The van der Waals surface area contributed by atoms with Gasteiger partial charge in [0, 0.05) is 22.7 Å². The number of carbonyl (C=O) groups excluding carboxylic acids is 2. The third-order valence-electron chi connectivity index (χ3n) is 5.01. The van der Waals surface area contributed by atoms with E-state index in [0.717, 1.165) is 5.39 Å². The van der Waals surface area contributed by atoms with Gasteiger partial charge in [-0.2, -0.15) is 0 Å². The molecule has 8 nitrogen and oxygen atoms in total. The Hall–Kier alpha value is -4.37. The zero-order valence-corrected chi connectivity index (χ0v) is 19.9. The molecule has 0 saturated carbocycles. The highest BCUT2D eigenvalue weighted by molar-refractivity contribution is 7.80. The third kappa shape index (κ3) is 5.77. The van der Waals surface area contributed by atoms with Gasteiger partial charge in [0.2, 0.25) is 0 Å². The van der Waals surface area contributed by atoms with Crippen molar-refractivity contribution in [3.63, 3.8) is 0 Å². The van der Waals surface area contributed by atoms with Crippen LogP contribution in [0, 0.1) is 0 Å². The number of rotatable bonds is 7. The summed E-state index contributed by atoms with van der Waals surface area (Å²) in [5.41, 5.74) is 2.09. The number of amides is 2. The number of ether oxygens (including phenoxy) is 2. The Kier molecular flexibility index (Phi) is 7.27. The summed E-state index contributed by atoms with van der Waals surface area (Å²) in [4.78, 5) is 25.1. The molecule has 0 unspecified atom stereocenters. The van der Waals surface area contributed by atoms with Crippen molar-refractivity contribution in [1.29, 1.82) is 0 Å². The van der Waals surface area contributed by atoms with Gasteiger partial charge >= 0.3 is 0 Å². The van der Waals surface area contributed by atoms with Crippen LogP contribution in [-0.4, -0.2) is 30.6 Å². The van der Waals surface area contributed by atoms with E-state index < -0.39 is 5.91 Å². The van der Waals surface area contributed by atoms with Crippen molar-refractivity contribution in [2.24, 2.45) is 0 Å². The molecule has 0 aliphatic carbocycles. The molecule has 3 N–H and O–H groups in total. The number of para-hydroxylation sites is 1. The van der Waals surface area contributed by atoms with Crippen LogP contribution in [0.25, 0.3) is 11.0 Å². The molecule has 0 bridgehead atoms. The number of hydrogen-bond acceptors (Lipinski definition) is 6. The van der Waals surface area contributed by atoms with E-state index in [1.165, 1.54) is 7.11 Å². The number of methoxy groups -OCH3 is 1. The van der Waals surface area contributed by atoms with Crippen molar-refractivity contribution < 1.29 is 23.5 Å². The normalized spacial score (nSPS) is 10.5. The van der Waals surface area contributed by atoms with Crippen LogP contribution < -0.4 is 25.4 Å². The summed E-state index contributed by atoms with van der Waals surface area (Å²) in [5.74, 6) is 0.517. The summed E-state index contributed by atoms with van der Waals surface area (Å²) in [5, 5.41) is 9.32. The smallest absolute Gasteiger partial charge is 0.291 e. The summed E-state index contributed by atoms with van der Waals surface area (Å²) < 4.78 is 16.4. The molecule has 0 radical (unpaired) electrons. The monoisotopic (exact) mass is 489 g/mol. The number of anilines is 2. The molecule has 0 fully saturated rings. The van der Waals surface area contributed by atoms with Crippen LogP contribution in [0.15, 0.2) is 77.2 Å². The first-order valence-electron chi connectivity index (χ1n) is 10.8. The van der Waals surface area contributed by atoms with Crippen molar-refractivity contribution in [1.82, 2.24) is 5.32 Å². The second-order valence-corrected chi connectivity index (χ2v) is 7.79. The number of carbonyl (C=O) groups is 2. The van der Waals surface area contributed by atoms with Crippen LogP contribution in [-0.2, 0) is 0 Å². The van der Waals surface area contributed by atoms with Crippen LogP contribution in [0.1, 0.15) is 27.8 Å². The number of nitrogens with one attached hydrogen (secondary N) is 3. The molecule has 1 aromatic heterocycles. The van der Waals surface area contributed by atoms with Gasteiger partial charge < -0.3 is 24.5 Å². The minimum atomic E-state index is -0.404. The summed E-state index contributed by atoms with van der Waals surface area (Å²) in [6.07, 6.45) is 0. The van der Waals surface area contributed by atoms with Gasteiger partial charge in [-0.05, 0) is 67.7 Å².